The van der Waals surface area contributed by atoms with Crippen LogP contribution < -0.4 is 4.90 Å². The minimum Gasteiger partial charge on any atom is -0.469 e. The van der Waals surface area contributed by atoms with Crippen LogP contribution in [0.2, 0.25) is 0 Å². The molecule has 0 radical (unpaired) electrons. The van der Waals surface area contributed by atoms with Crippen molar-refractivity contribution in [3.05, 3.63) is 16.4 Å². The first-order valence-corrected chi connectivity index (χ1v) is 6.72. The molecule has 0 amide bonds. The van der Waals surface area contributed by atoms with E-state index in [1.54, 1.807) is 11.6 Å². The highest BCUT2D eigenvalue weighted by molar-refractivity contribution is 5.69. The van der Waals surface area contributed by atoms with Crippen LogP contribution in [0.4, 0.5) is 11.6 Å². The highest BCUT2D eigenvalue weighted by atomic mass is 16.6. The van der Waals surface area contributed by atoms with E-state index in [0.717, 1.165) is 13.1 Å². The van der Waals surface area contributed by atoms with Gasteiger partial charge in [0, 0.05) is 39.8 Å². The highest BCUT2D eigenvalue weighted by Gasteiger charge is 2.28. The molecular formula is C12H19N5O4. The van der Waals surface area contributed by atoms with Gasteiger partial charge in [-0.15, -0.1) is 0 Å². The number of aromatic nitrogens is 2. The van der Waals surface area contributed by atoms with Crippen LogP contribution >= 0.6 is 0 Å². The van der Waals surface area contributed by atoms with E-state index in [-0.39, 0.29) is 11.8 Å². The van der Waals surface area contributed by atoms with Gasteiger partial charge in [0.25, 0.3) is 0 Å². The summed E-state index contributed by atoms with van der Waals surface area (Å²) in [4.78, 5) is 29.6. The number of imidazole rings is 1. The maximum atomic E-state index is 11.1. The largest absolute Gasteiger partial charge is 0.469 e. The number of carbonyl (C=O) groups is 1. The number of esters is 1. The maximum absolute atomic E-state index is 11.1. The second kappa shape index (κ2) is 6.53. The maximum Gasteiger partial charge on any atom is 0.406 e. The van der Waals surface area contributed by atoms with Crippen molar-refractivity contribution < 1.29 is 14.5 Å². The smallest absolute Gasteiger partial charge is 0.406 e. The molecule has 2 rings (SSSR count). The van der Waals surface area contributed by atoms with Gasteiger partial charge < -0.3 is 19.8 Å². The van der Waals surface area contributed by atoms with Crippen molar-refractivity contribution in [3.63, 3.8) is 0 Å². The van der Waals surface area contributed by atoms with Gasteiger partial charge in [-0.05, 0) is 9.91 Å². The van der Waals surface area contributed by atoms with E-state index < -0.39 is 4.92 Å². The molecule has 1 aromatic heterocycles. The van der Waals surface area contributed by atoms with Crippen LogP contribution in [0.15, 0.2) is 6.33 Å². The Morgan fingerprint density at radius 3 is 2.67 bits per heavy atom. The summed E-state index contributed by atoms with van der Waals surface area (Å²) >= 11 is 0. The normalized spacial score (nSPS) is 16.0. The number of nitro groups is 1. The van der Waals surface area contributed by atoms with E-state index in [1.807, 2.05) is 4.90 Å². The third kappa shape index (κ3) is 3.48. The molecule has 1 aromatic rings. The molecule has 1 aliphatic rings. The highest BCUT2D eigenvalue weighted by Crippen LogP contribution is 2.26. The molecule has 0 N–H and O–H groups in total. The summed E-state index contributed by atoms with van der Waals surface area (Å²) in [5, 5.41) is 11.0. The van der Waals surface area contributed by atoms with E-state index in [4.69, 9.17) is 0 Å². The van der Waals surface area contributed by atoms with Crippen LogP contribution in [0, 0.1) is 10.1 Å². The summed E-state index contributed by atoms with van der Waals surface area (Å²) < 4.78 is 6.29. The van der Waals surface area contributed by atoms with Crippen molar-refractivity contribution in [2.75, 3.05) is 44.7 Å². The van der Waals surface area contributed by atoms with E-state index in [9.17, 15) is 14.9 Å². The number of hydrogen-bond acceptors (Lipinski definition) is 7. The molecule has 0 bridgehead atoms. The average molecular weight is 297 g/mol. The lowest BCUT2D eigenvalue weighted by molar-refractivity contribution is -0.388. The minimum atomic E-state index is -0.459. The Morgan fingerprint density at radius 2 is 2.10 bits per heavy atom. The Balaban J connectivity index is 1.94. The second-order valence-corrected chi connectivity index (χ2v) is 4.91. The number of anilines is 1. The Labute approximate surface area is 122 Å². The fourth-order valence-corrected chi connectivity index (χ4v) is 2.44. The molecule has 1 fully saturated rings. The summed E-state index contributed by atoms with van der Waals surface area (Å²) in [5.41, 5.74) is 0. The predicted octanol–water partition coefficient (Wildman–Crippen LogP) is 0.0134. The van der Waals surface area contributed by atoms with Gasteiger partial charge in [-0.2, -0.15) is 0 Å². The van der Waals surface area contributed by atoms with Crippen molar-refractivity contribution in [1.82, 2.24) is 14.5 Å². The molecule has 0 unspecified atom stereocenters. The Kier molecular flexibility index (Phi) is 4.73. The fraction of sp³-hybridized carbons (Fsp3) is 0.667. The number of ether oxygens (including phenoxy) is 1. The molecule has 1 saturated heterocycles. The Bertz CT molecular complexity index is 522. The molecule has 0 aliphatic carbocycles. The van der Waals surface area contributed by atoms with Crippen LogP contribution in [-0.4, -0.2) is 65.2 Å². The topological polar surface area (TPSA) is 93.7 Å². The van der Waals surface area contributed by atoms with E-state index >= 15 is 0 Å². The zero-order chi connectivity index (χ0) is 15.4. The van der Waals surface area contributed by atoms with E-state index in [1.165, 1.54) is 13.4 Å². The summed E-state index contributed by atoms with van der Waals surface area (Å²) in [6.45, 7) is 3.48. The second-order valence-electron chi connectivity index (χ2n) is 4.91. The molecule has 2 heterocycles. The van der Waals surface area contributed by atoms with Gasteiger partial charge in [0.2, 0.25) is 12.1 Å². The van der Waals surface area contributed by atoms with Crippen molar-refractivity contribution >= 4 is 17.6 Å². The summed E-state index contributed by atoms with van der Waals surface area (Å²) in [6.07, 6.45) is 1.82. The molecule has 0 aromatic carbocycles. The van der Waals surface area contributed by atoms with Crippen LogP contribution in [0.5, 0.6) is 0 Å². The third-order valence-electron chi connectivity index (χ3n) is 3.59. The number of methoxy groups -OCH3 is 1. The van der Waals surface area contributed by atoms with Crippen molar-refractivity contribution in [1.29, 1.82) is 0 Å². The minimum absolute atomic E-state index is 0.111. The molecule has 0 atom stereocenters. The number of hydrogen-bond donors (Lipinski definition) is 0. The number of rotatable bonds is 5. The summed E-state index contributed by atoms with van der Waals surface area (Å²) in [6, 6.07) is 0. The SMILES string of the molecule is COC(=O)CCN1CCN(c2c([N+](=O)[O-])ncn2C)CC1. The van der Waals surface area contributed by atoms with Crippen LogP contribution in [0.1, 0.15) is 6.42 Å². The lowest BCUT2D eigenvalue weighted by Crippen LogP contribution is -2.47. The molecule has 1 aliphatic heterocycles. The number of carbonyl (C=O) groups excluding carboxylic acids is 1. The third-order valence-corrected chi connectivity index (χ3v) is 3.59. The first-order chi connectivity index (χ1) is 10.0. The molecule has 0 spiro atoms. The van der Waals surface area contributed by atoms with Crippen molar-refractivity contribution in [2.24, 2.45) is 7.05 Å². The molecule has 9 nitrogen and oxygen atoms in total. The summed E-state index contributed by atoms with van der Waals surface area (Å²) in [7, 11) is 3.13. The van der Waals surface area contributed by atoms with Gasteiger partial charge in [-0.25, -0.2) is 0 Å². The molecule has 21 heavy (non-hydrogen) atoms. The lowest BCUT2D eigenvalue weighted by atomic mass is 10.3. The monoisotopic (exact) mass is 297 g/mol. The van der Waals surface area contributed by atoms with Crippen molar-refractivity contribution in [2.45, 2.75) is 6.42 Å². The van der Waals surface area contributed by atoms with Gasteiger partial charge in [-0.3, -0.25) is 14.3 Å². The summed E-state index contributed by atoms with van der Waals surface area (Å²) in [5.74, 6) is 0.202. The first-order valence-electron chi connectivity index (χ1n) is 6.72. The standard InChI is InChI=1S/C12H19N5O4/c1-14-9-13-11(17(19)20)12(14)16-7-5-15(6-8-16)4-3-10(18)21-2/h9H,3-8H2,1-2H3. The van der Waals surface area contributed by atoms with Crippen LogP contribution in [0.3, 0.4) is 0 Å². The Hall–Kier alpha value is -2.16. The predicted molar refractivity (Wildman–Crippen MR) is 75.1 cm³/mol. The first kappa shape index (κ1) is 15.2. The average Bonchev–Trinajstić information content (AvgIpc) is 2.87. The molecule has 0 saturated carbocycles. The van der Waals surface area contributed by atoms with Gasteiger partial charge in [-0.1, -0.05) is 0 Å². The van der Waals surface area contributed by atoms with Crippen LogP contribution in [-0.2, 0) is 16.6 Å². The van der Waals surface area contributed by atoms with Gasteiger partial charge in [0.15, 0.2) is 0 Å². The molecular weight excluding hydrogens is 278 g/mol. The lowest BCUT2D eigenvalue weighted by Gasteiger charge is -2.35. The zero-order valence-electron chi connectivity index (χ0n) is 12.2. The van der Waals surface area contributed by atoms with E-state index in [2.05, 4.69) is 14.6 Å². The quantitative estimate of drug-likeness (QED) is 0.429. The van der Waals surface area contributed by atoms with Gasteiger partial charge in [0.05, 0.1) is 13.5 Å². The van der Waals surface area contributed by atoms with Crippen LogP contribution in [0.25, 0.3) is 0 Å². The van der Waals surface area contributed by atoms with Gasteiger partial charge in [0.1, 0.15) is 0 Å². The van der Waals surface area contributed by atoms with Gasteiger partial charge >= 0.3 is 11.8 Å². The van der Waals surface area contributed by atoms with Crippen molar-refractivity contribution in [3.8, 4) is 0 Å². The van der Waals surface area contributed by atoms with E-state index in [0.29, 0.717) is 31.9 Å². The molecule has 9 heteroatoms. The zero-order valence-corrected chi connectivity index (χ0v) is 12.2. The molecule has 116 valence electrons. The number of piperazine rings is 1. The Morgan fingerprint density at radius 1 is 1.43 bits per heavy atom. The number of nitrogens with zero attached hydrogens (tertiary/aromatic N) is 5. The fourth-order valence-electron chi connectivity index (χ4n) is 2.44. The number of aryl methyl sites for hydroxylation is 1.